The Morgan fingerprint density at radius 3 is 2.75 bits per heavy atom. The van der Waals surface area contributed by atoms with Crippen molar-refractivity contribution in [2.45, 2.75) is 6.10 Å². The van der Waals surface area contributed by atoms with Crippen molar-refractivity contribution in [2.24, 2.45) is 0 Å². The lowest BCUT2D eigenvalue weighted by atomic mass is 10.2. The Morgan fingerprint density at radius 1 is 1.25 bits per heavy atom. The molecule has 3 nitrogen and oxygen atoms in total. The summed E-state index contributed by atoms with van der Waals surface area (Å²) in [5.41, 5.74) is 0. The topological polar surface area (TPSA) is 35.5 Å². The number of Topliss-reactive ketones (excluding diaryl/α,β-unsaturated/α-hetero) is 1. The summed E-state index contributed by atoms with van der Waals surface area (Å²) in [5.74, 6) is 0.593. The van der Waals surface area contributed by atoms with Gasteiger partial charge < -0.3 is 9.47 Å². The highest BCUT2D eigenvalue weighted by Crippen LogP contribution is 2.09. The molecule has 0 amide bonds. The van der Waals surface area contributed by atoms with Gasteiger partial charge in [0.15, 0.2) is 12.7 Å². The van der Waals surface area contributed by atoms with E-state index in [1.165, 1.54) is 6.26 Å². The molecule has 0 aliphatic carbocycles. The third kappa shape index (κ3) is 2.73. The molecule has 0 radical (unpaired) electrons. The van der Waals surface area contributed by atoms with Crippen molar-refractivity contribution in [3.05, 3.63) is 54.8 Å². The van der Waals surface area contributed by atoms with E-state index >= 15 is 0 Å². The van der Waals surface area contributed by atoms with Crippen LogP contribution in [-0.2, 0) is 9.53 Å². The van der Waals surface area contributed by atoms with Crippen LogP contribution in [-0.4, -0.2) is 18.5 Å². The van der Waals surface area contributed by atoms with E-state index in [-0.39, 0.29) is 12.4 Å². The fraction of sp³-hybridized carbons (Fsp3) is 0.154. The van der Waals surface area contributed by atoms with Crippen LogP contribution >= 0.6 is 0 Å². The average molecular weight is 216 g/mol. The van der Waals surface area contributed by atoms with Gasteiger partial charge in [-0.15, -0.1) is 0 Å². The highest BCUT2D eigenvalue weighted by atomic mass is 16.5. The Bertz CT molecular complexity index is 406. The molecule has 1 aromatic carbocycles. The first-order chi connectivity index (χ1) is 7.86. The molecule has 0 saturated heterocycles. The SMILES string of the molecule is O=C(COc1ccccc1)C1C=CC=CO1. The Balaban J connectivity index is 1.84. The zero-order chi connectivity index (χ0) is 11.2. The number of para-hydroxylation sites is 1. The van der Waals surface area contributed by atoms with Gasteiger partial charge in [-0.05, 0) is 24.3 Å². The maximum Gasteiger partial charge on any atom is 0.214 e. The summed E-state index contributed by atoms with van der Waals surface area (Å²) in [6.07, 6.45) is 6.21. The number of allylic oxidation sites excluding steroid dienone is 2. The number of benzene rings is 1. The third-order valence-corrected chi connectivity index (χ3v) is 2.14. The summed E-state index contributed by atoms with van der Waals surface area (Å²) in [6, 6.07) is 9.24. The van der Waals surface area contributed by atoms with Crippen LogP contribution in [0.1, 0.15) is 0 Å². The number of hydrogen-bond acceptors (Lipinski definition) is 3. The van der Waals surface area contributed by atoms with Gasteiger partial charge in [0.25, 0.3) is 0 Å². The molecule has 0 bridgehead atoms. The minimum Gasteiger partial charge on any atom is -0.486 e. The van der Waals surface area contributed by atoms with Crippen molar-refractivity contribution in [2.75, 3.05) is 6.61 Å². The van der Waals surface area contributed by atoms with E-state index in [1.54, 1.807) is 18.2 Å². The first-order valence-corrected chi connectivity index (χ1v) is 5.05. The van der Waals surface area contributed by atoms with Gasteiger partial charge in [0.1, 0.15) is 5.75 Å². The number of rotatable bonds is 4. The van der Waals surface area contributed by atoms with Crippen LogP contribution in [0, 0.1) is 0 Å². The maximum atomic E-state index is 11.6. The maximum absolute atomic E-state index is 11.6. The van der Waals surface area contributed by atoms with E-state index in [0.717, 1.165) is 0 Å². The summed E-state index contributed by atoms with van der Waals surface area (Å²) in [6.45, 7) is 0.0207. The Morgan fingerprint density at radius 2 is 2.06 bits per heavy atom. The van der Waals surface area contributed by atoms with E-state index in [4.69, 9.17) is 9.47 Å². The second-order valence-corrected chi connectivity index (χ2v) is 3.34. The fourth-order valence-electron chi connectivity index (χ4n) is 1.32. The van der Waals surface area contributed by atoms with Crippen molar-refractivity contribution in [3.63, 3.8) is 0 Å². The summed E-state index contributed by atoms with van der Waals surface area (Å²) in [5, 5.41) is 0. The molecule has 0 N–H and O–H groups in total. The normalized spacial score (nSPS) is 17.9. The Kier molecular flexibility index (Phi) is 3.38. The van der Waals surface area contributed by atoms with Crippen LogP contribution in [0.25, 0.3) is 0 Å². The molecular weight excluding hydrogens is 204 g/mol. The van der Waals surface area contributed by atoms with Gasteiger partial charge in [0.05, 0.1) is 6.26 Å². The molecule has 1 aromatic rings. The number of ether oxygens (including phenoxy) is 2. The molecule has 1 unspecified atom stereocenters. The molecule has 0 aromatic heterocycles. The molecular formula is C13H12O3. The first-order valence-electron chi connectivity index (χ1n) is 5.05. The van der Waals surface area contributed by atoms with Crippen LogP contribution < -0.4 is 4.74 Å². The smallest absolute Gasteiger partial charge is 0.214 e. The predicted octanol–water partition coefficient (Wildman–Crippen LogP) is 2.10. The summed E-state index contributed by atoms with van der Waals surface area (Å²) in [4.78, 5) is 11.6. The molecule has 3 heteroatoms. The standard InChI is InChI=1S/C13H12O3/c14-12(13-8-4-5-9-15-13)10-16-11-6-2-1-3-7-11/h1-9,13H,10H2. The van der Waals surface area contributed by atoms with E-state index in [2.05, 4.69) is 0 Å². The lowest BCUT2D eigenvalue weighted by molar-refractivity contribution is -0.127. The average Bonchev–Trinajstić information content (AvgIpc) is 2.38. The minimum atomic E-state index is -0.520. The lowest BCUT2D eigenvalue weighted by Gasteiger charge is -2.14. The van der Waals surface area contributed by atoms with Gasteiger partial charge in [0, 0.05) is 0 Å². The van der Waals surface area contributed by atoms with Gasteiger partial charge in [-0.3, -0.25) is 4.79 Å². The van der Waals surface area contributed by atoms with E-state index in [1.807, 2.05) is 30.3 Å². The van der Waals surface area contributed by atoms with Crippen LogP contribution in [0.3, 0.4) is 0 Å². The quantitative estimate of drug-likeness (QED) is 0.773. The highest BCUT2D eigenvalue weighted by molar-refractivity contribution is 5.86. The van der Waals surface area contributed by atoms with Gasteiger partial charge in [-0.1, -0.05) is 24.3 Å². The summed E-state index contributed by atoms with van der Waals surface area (Å²) < 4.78 is 10.5. The van der Waals surface area contributed by atoms with Crippen molar-refractivity contribution in [3.8, 4) is 5.75 Å². The van der Waals surface area contributed by atoms with E-state index in [9.17, 15) is 4.79 Å². The number of hydrogen-bond donors (Lipinski definition) is 0. The lowest BCUT2D eigenvalue weighted by Crippen LogP contribution is -2.26. The zero-order valence-corrected chi connectivity index (χ0v) is 8.71. The second-order valence-electron chi connectivity index (χ2n) is 3.34. The highest BCUT2D eigenvalue weighted by Gasteiger charge is 2.17. The number of ketones is 1. The minimum absolute atomic E-state index is 0.0207. The van der Waals surface area contributed by atoms with Gasteiger partial charge in [0.2, 0.25) is 5.78 Å². The molecule has 1 atom stereocenters. The van der Waals surface area contributed by atoms with Crippen LogP contribution in [0.5, 0.6) is 5.75 Å². The van der Waals surface area contributed by atoms with Crippen molar-refractivity contribution in [1.82, 2.24) is 0 Å². The zero-order valence-electron chi connectivity index (χ0n) is 8.71. The third-order valence-electron chi connectivity index (χ3n) is 2.14. The molecule has 1 aliphatic heterocycles. The van der Waals surface area contributed by atoms with Crippen LogP contribution in [0.2, 0.25) is 0 Å². The summed E-state index contributed by atoms with van der Waals surface area (Å²) >= 11 is 0. The van der Waals surface area contributed by atoms with Gasteiger partial charge >= 0.3 is 0 Å². The number of carbonyl (C=O) groups is 1. The van der Waals surface area contributed by atoms with Crippen LogP contribution in [0.4, 0.5) is 0 Å². The molecule has 0 spiro atoms. The van der Waals surface area contributed by atoms with Crippen molar-refractivity contribution >= 4 is 5.78 Å². The summed E-state index contributed by atoms with van der Waals surface area (Å²) in [7, 11) is 0. The Hall–Kier alpha value is -2.03. The molecule has 16 heavy (non-hydrogen) atoms. The van der Waals surface area contributed by atoms with Gasteiger partial charge in [-0.25, -0.2) is 0 Å². The van der Waals surface area contributed by atoms with E-state index < -0.39 is 6.10 Å². The van der Waals surface area contributed by atoms with Crippen LogP contribution in [0.15, 0.2) is 54.8 Å². The number of carbonyl (C=O) groups excluding carboxylic acids is 1. The molecule has 2 rings (SSSR count). The molecule has 0 fully saturated rings. The molecule has 0 saturated carbocycles. The predicted molar refractivity (Wildman–Crippen MR) is 60.1 cm³/mol. The van der Waals surface area contributed by atoms with Gasteiger partial charge in [-0.2, -0.15) is 0 Å². The van der Waals surface area contributed by atoms with Crippen molar-refractivity contribution < 1.29 is 14.3 Å². The molecule has 1 aliphatic rings. The van der Waals surface area contributed by atoms with E-state index in [0.29, 0.717) is 5.75 Å². The fourth-order valence-corrected chi connectivity index (χ4v) is 1.32. The first kappa shape index (κ1) is 10.5. The largest absolute Gasteiger partial charge is 0.486 e. The second kappa shape index (κ2) is 5.16. The Labute approximate surface area is 94.0 Å². The van der Waals surface area contributed by atoms with Crippen molar-refractivity contribution in [1.29, 1.82) is 0 Å². The molecule has 1 heterocycles. The molecule has 82 valence electrons. The monoisotopic (exact) mass is 216 g/mol.